The van der Waals surface area contributed by atoms with E-state index >= 15 is 0 Å². The van der Waals surface area contributed by atoms with Crippen molar-refractivity contribution < 1.29 is 12.8 Å². The molecule has 0 radical (unpaired) electrons. The summed E-state index contributed by atoms with van der Waals surface area (Å²) in [6.07, 6.45) is 9.48. The van der Waals surface area contributed by atoms with Crippen LogP contribution in [-0.4, -0.2) is 40.6 Å². The number of sulfonamides is 1. The monoisotopic (exact) mass is 437 g/mol. The minimum Gasteiger partial charge on any atom is -0.364 e. The van der Waals surface area contributed by atoms with Crippen LogP contribution in [0.4, 0.5) is 4.39 Å². The molecule has 5 nitrogen and oxygen atoms in total. The van der Waals surface area contributed by atoms with Crippen molar-refractivity contribution >= 4 is 21.6 Å². The summed E-state index contributed by atoms with van der Waals surface area (Å²) < 4.78 is 40.1. The van der Waals surface area contributed by atoms with Gasteiger partial charge in [0.2, 0.25) is 10.0 Å². The molecule has 0 bridgehead atoms. The van der Waals surface area contributed by atoms with Gasteiger partial charge in [-0.25, -0.2) is 12.8 Å². The van der Waals surface area contributed by atoms with Gasteiger partial charge in [0.15, 0.2) is 0 Å². The first-order valence-electron chi connectivity index (χ1n) is 9.73. The van der Waals surface area contributed by atoms with Crippen LogP contribution in [0.2, 0.25) is 5.02 Å². The first-order valence-corrected chi connectivity index (χ1v) is 11.5. The Balaban J connectivity index is 1.60. The third-order valence-electron chi connectivity index (χ3n) is 5.60. The molecule has 0 spiro atoms. The Bertz CT molecular complexity index is 1030. The van der Waals surface area contributed by atoms with E-state index in [2.05, 4.69) is 4.90 Å². The van der Waals surface area contributed by atoms with E-state index in [0.29, 0.717) is 11.6 Å². The number of benzene rings is 1. The van der Waals surface area contributed by atoms with E-state index < -0.39 is 14.8 Å². The fourth-order valence-electron chi connectivity index (χ4n) is 3.99. The van der Waals surface area contributed by atoms with Crippen LogP contribution in [0.5, 0.6) is 0 Å². The first kappa shape index (κ1) is 20.4. The molecule has 1 atom stereocenters. The van der Waals surface area contributed by atoms with Crippen molar-refractivity contribution in [2.24, 2.45) is 0 Å². The number of nitrogens with zero attached hydrogens (tertiary/aromatic N) is 3. The molecule has 0 N–H and O–H groups in total. The largest absolute Gasteiger partial charge is 0.364 e. The number of fused-ring (bicyclic) bond motifs is 1. The van der Waals surface area contributed by atoms with Gasteiger partial charge in [-0.2, -0.15) is 0 Å². The molecule has 1 aromatic carbocycles. The Morgan fingerprint density at radius 2 is 1.97 bits per heavy atom. The summed E-state index contributed by atoms with van der Waals surface area (Å²) >= 11 is 6.36. The molecule has 1 fully saturated rings. The third kappa shape index (κ3) is 3.49. The van der Waals surface area contributed by atoms with Crippen LogP contribution in [0.25, 0.3) is 0 Å². The Kier molecular flexibility index (Phi) is 5.04. The van der Waals surface area contributed by atoms with Gasteiger partial charge in [-0.05, 0) is 75.6 Å². The van der Waals surface area contributed by atoms with Gasteiger partial charge < -0.3 is 4.90 Å². The van der Waals surface area contributed by atoms with Crippen molar-refractivity contribution in [3.05, 3.63) is 70.4 Å². The molecular formula is C21H25ClFN3O2S. The molecule has 4 rings (SSSR count). The minimum atomic E-state index is -3.49. The predicted molar refractivity (Wildman–Crippen MR) is 113 cm³/mol. The summed E-state index contributed by atoms with van der Waals surface area (Å²) in [5.41, 5.74) is 2.59. The molecule has 3 aliphatic heterocycles. The molecule has 0 amide bonds. The van der Waals surface area contributed by atoms with Crippen LogP contribution in [-0.2, 0) is 10.0 Å². The highest BCUT2D eigenvalue weighted by Gasteiger charge is 2.41. The Morgan fingerprint density at radius 3 is 2.69 bits per heavy atom. The molecule has 0 saturated carbocycles. The van der Waals surface area contributed by atoms with Crippen molar-refractivity contribution in [3.63, 3.8) is 0 Å². The van der Waals surface area contributed by atoms with E-state index in [1.807, 2.05) is 18.2 Å². The van der Waals surface area contributed by atoms with E-state index in [1.54, 1.807) is 38.0 Å². The molecular weight excluding hydrogens is 413 g/mol. The number of hydrogen-bond acceptors (Lipinski definition) is 4. The Morgan fingerprint density at radius 1 is 1.21 bits per heavy atom. The molecule has 8 heteroatoms. The smallest absolute Gasteiger partial charge is 0.236 e. The zero-order valence-electron chi connectivity index (χ0n) is 16.8. The fraction of sp³-hybridized carbons (Fsp3) is 0.429. The Labute approximate surface area is 176 Å². The summed E-state index contributed by atoms with van der Waals surface area (Å²) in [5.74, 6) is -0.294. The second kappa shape index (κ2) is 7.15. The predicted octanol–water partition coefficient (Wildman–Crippen LogP) is 4.57. The van der Waals surface area contributed by atoms with E-state index in [0.717, 1.165) is 36.3 Å². The lowest BCUT2D eigenvalue weighted by Gasteiger charge is -2.36. The van der Waals surface area contributed by atoms with Crippen LogP contribution in [0.1, 0.15) is 45.2 Å². The molecule has 3 heterocycles. The van der Waals surface area contributed by atoms with Crippen molar-refractivity contribution in [3.8, 4) is 0 Å². The normalized spacial score (nSPS) is 22.7. The quantitative estimate of drug-likeness (QED) is 0.694. The van der Waals surface area contributed by atoms with Gasteiger partial charge in [-0.3, -0.25) is 5.01 Å². The van der Waals surface area contributed by atoms with Gasteiger partial charge in [0.05, 0.1) is 23.0 Å². The molecule has 0 unspecified atom stereocenters. The average molecular weight is 438 g/mol. The van der Waals surface area contributed by atoms with Crippen LogP contribution in [0.15, 0.2) is 54.0 Å². The number of hydrogen-bond donors (Lipinski definition) is 0. The van der Waals surface area contributed by atoms with Crippen LogP contribution in [0, 0.1) is 5.82 Å². The summed E-state index contributed by atoms with van der Waals surface area (Å²) in [4.78, 5) is 2.22. The van der Waals surface area contributed by atoms with Crippen molar-refractivity contribution in [2.45, 2.75) is 44.4 Å². The van der Waals surface area contributed by atoms with E-state index in [1.165, 1.54) is 16.5 Å². The van der Waals surface area contributed by atoms with E-state index in [-0.39, 0.29) is 11.9 Å². The summed E-state index contributed by atoms with van der Waals surface area (Å²) in [6, 6.07) is 4.48. The molecule has 156 valence electrons. The van der Waals surface area contributed by atoms with Gasteiger partial charge in [0.25, 0.3) is 0 Å². The van der Waals surface area contributed by atoms with E-state index in [9.17, 15) is 12.8 Å². The summed E-state index contributed by atoms with van der Waals surface area (Å²) in [6.45, 7) is 6.25. The highest BCUT2D eigenvalue weighted by Crippen LogP contribution is 2.40. The molecule has 29 heavy (non-hydrogen) atoms. The van der Waals surface area contributed by atoms with Crippen molar-refractivity contribution in [2.75, 3.05) is 13.1 Å². The second-order valence-corrected chi connectivity index (χ2v) is 11.5. The van der Waals surface area contributed by atoms with Crippen molar-refractivity contribution in [1.29, 1.82) is 0 Å². The lowest BCUT2D eigenvalue weighted by Crippen LogP contribution is -2.47. The summed E-state index contributed by atoms with van der Waals surface area (Å²) in [5, 5.41) is 2.25. The minimum absolute atomic E-state index is 0.00272. The number of likely N-dealkylation sites (tertiary alicyclic amines) is 1. The maximum Gasteiger partial charge on any atom is 0.236 e. The third-order valence-corrected chi connectivity index (χ3v) is 8.37. The number of hydrazine groups is 1. The molecule has 1 aromatic rings. The number of halogens is 2. The average Bonchev–Trinajstić information content (AvgIpc) is 3.29. The maximum atomic E-state index is 13.8. The van der Waals surface area contributed by atoms with Gasteiger partial charge in [0, 0.05) is 23.5 Å². The zero-order chi connectivity index (χ0) is 21.0. The SMILES string of the molecule is CC(C)(C)S(=O)(=O)N1CC=C2C=C(N3CCC[C@@H]3c3cc(F)ccc3Cl)C=CN21. The lowest BCUT2D eigenvalue weighted by atomic mass is 10.0. The van der Waals surface area contributed by atoms with Gasteiger partial charge in [-0.15, -0.1) is 4.41 Å². The molecule has 3 aliphatic rings. The molecule has 0 aromatic heterocycles. The van der Waals surface area contributed by atoms with Crippen LogP contribution in [0.3, 0.4) is 0 Å². The Hall–Kier alpha value is -1.83. The lowest BCUT2D eigenvalue weighted by molar-refractivity contribution is 0.200. The topological polar surface area (TPSA) is 43.9 Å². The van der Waals surface area contributed by atoms with Crippen LogP contribution < -0.4 is 0 Å². The van der Waals surface area contributed by atoms with Gasteiger partial charge in [0.1, 0.15) is 5.82 Å². The highest BCUT2D eigenvalue weighted by atomic mass is 35.5. The highest BCUT2D eigenvalue weighted by molar-refractivity contribution is 7.90. The molecule has 1 saturated heterocycles. The fourth-order valence-corrected chi connectivity index (χ4v) is 5.52. The number of rotatable bonds is 3. The van der Waals surface area contributed by atoms with Crippen molar-refractivity contribution in [1.82, 2.24) is 14.3 Å². The maximum absolute atomic E-state index is 13.8. The van der Waals surface area contributed by atoms with Gasteiger partial charge >= 0.3 is 0 Å². The van der Waals surface area contributed by atoms with Crippen LogP contribution >= 0.6 is 11.6 Å². The van der Waals surface area contributed by atoms with Gasteiger partial charge in [-0.1, -0.05) is 11.6 Å². The first-order chi connectivity index (χ1) is 13.6. The summed E-state index contributed by atoms with van der Waals surface area (Å²) in [7, 11) is -3.49. The standard InChI is InChI=1S/C21H25ClFN3O2S/c1-21(2,3)29(27,28)26-12-9-17-14-16(8-11-25(17)26)24-10-4-5-20(24)18-13-15(23)6-7-19(18)22/h6-9,11,13-14,20H,4-5,10,12H2,1-3H3/t20-/m1/s1. The zero-order valence-corrected chi connectivity index (χ0v) is 18.3. The second-order valence-electron chi connectivity index (χ2n) is 8.50. The van der Waals surface area contributed by atoms with E-state index in [4.69, 9.17) is 11.6 Å². The number of allylic oxidation sites excluding steroid dienone is 2. The molecule has 0 aliphatic carbocycles.